The predicted octanol–water partition coefficient (Wildman–Crippen LogP) is -0.957. The summed E-state index contributed by atoms with van der Waals surface area (Å²) in [4.78, 5) is 43.7. The van der Waals surface area contributed by atoms with Gasteiger partial charge in [0.25, 0.3) is 0 Å². The van der Waals surface area contributed by atoms with E-state index < -0.39 is 28.7 Å². The average Bonchev–Trinajstić information content (AvgIpc) is 3.34. The first-order valence-corrected chi connectivity index (χ1v) is 12.0. The number of aliphatic hydroxyl groups is 1. The van der Waals surface area contributed by atoms with Crippen LogP contribution in [0.25, 0.3) is 0 Å². The maximum absolute atomic E-state index is 13.6. The largest absolute Gasteiger partial charge is 0.394 e. The molecule has 0 aromatic heterocycles. The van der Waals surface area contributed by atoms with E-state index in [-0.39, 0.29) is 29.1 Å². The Bertz CT molecular complexity index is 747. The van der Waals surface area contributed by atoms with E-state index in [1.54, 1.807) is 30.6 Å². The number of fused-ring (bicyclic) bond motifs is 1. The molecule has 4 rings (SSSR count). The number of thioether (sulfide) groups is 1. The molecule has 2 unspecified atom stereocenters. The van der Waals surface area contributed by atoms with Crippen molar-refractivity contribution < 1.29 is 24.2 Å². The van der Waals surface area contributed by atoms with Crippen molar-refractivity contribution in [2.45, 2.75) is 48.3 Å². The SMILES string of the molecule is CNC(=O)[C@H]1[C@H]2C(=O)N([C@H](C)CO)C(C(=O)NCCN3CCOCC3)C23CC[C@]1(C)S3. The van der Waals surface area contributed by atoms with E-state index in [9.17, 15) is 19.5 Å². The molecule has 3 amide bonds. The van der Waals surface area contributed by atoms with Gasteiger partial charge in [0.1, 0.15) is 6.04 Å². The van der Waals surface area contributed by atoms with E-state index in [0.717, 1.165) is 26.1 Å². The second-order valence-electron chi connectivity index (χ2n) is 9.36. The highest BCUT2D eigenvalue weighted by molar-refractivity contribution is 8.02. The molecule has 4 saturated heterocycles. The summed E-state index contributed by atoms with van der Waals surface area (Å²) in [6, 6.07) is -1.17. The third-order valence-corrected chi connectivity index (χ3v) is 9.55. The maximum atomic E-state index is 13.6. The van der Waals surface area contributed by atoms with Gasteiger partial charge < -0.3 is 25.4 Å². The molecule has 0 saturated carbocycles. The highest BCUT2D eigenvalue weighted by atomic mass is 32.2. The van der Waals surface area contributed by atoms with Crippen LogP contribution >= 0.6 is 11.8 Å². The van der Waals surface area contributed by atoms with Crippen molar-refractivity contribution in [2.24, 2.45) is 11.8 Å². The molecular formula is C21H34N4O5S. The van der Waals surface area contributed by atoms with E-state index in [1.165, 1.54) is 0 Å². The molecule has 2 bridgehead atoms. The number of hydrogen-bond donors (Lipinski definition) is 3. The molecule has 0 aromatic rings. The zero-order chi connectivity index (χ0) is 22.4. The second kappa shape index (κ2) is 8.53. The molecule has 0 aliphatic carbocycles. The van der Waals surface area contributed by atoms with Crippen LogP contribution in [0.15, 0.2) is 0 Å². The Hall–Kier alpha value is -1.36. The first-order chi connectivity index (χ1) is 14.8. The van der Waals surface area contributed by atoms with Crippen LogP contribution in [-0.4, -0.2) is 107 Å². The van der Waals surface area contributed by atoms with Gasteiger partial charge in [-0.2, -0.15) is 0 Å². The van der Waals surface area contributed by atoms with Crippen LogP contribution in [-0.2, 0) is 19.1 Å². The Morgan fingerprint density at radius 3 is 2.65 bits per heavy atom. The normalized spacial score (nSPS) is 38.3. The van der Waals surface area contributed by atoms with Crippen molar-refractivity contribution >= 4 is 29.5 Å². The number of rotatable bonds is 7. The van der Waals surface area contributed by atoms with Crippen LogP contribution in [0.1, 0.15) is 26.7 Å². The van der Waals surface area contributed by atoms with Crippen molar-refractivity contribution in [1.29, 1.82) is 0 Å². The summed E-state index contributed by atoms with van der Waals surface area (Å²) in [5, 5.41) is 15.6. The van der Waals surface area contributed by atoms with Crippen molar-refractivity contribution in [2.75, 3.05) is 53.0 Å². The molecule has 3 N–H and O–H groups in total. The van der Waals surface area contributed by atoms with E-state index in [0.29, 0.717) is 26.2 Å². The number of carbonyl (C=O) groups is 3. The van der Waals surface area contributed by atoms with Gasteiger partial charge in [0, 0.05) is 38.0 Å². The summed E-state index contributed by atoms with van der Waals surface area (Å²) >= 11 is 1.64. The van der Waals surface area contributed by atoms with Crippen molar-refractivity contribution in [3.05, 3.63) is 0 Å². The third kappa shape index (κ3) is 3.55. The van der Waals surface area contributed by atoms with Crippen molar-refractivity contribution in [1.82, 2.24) is 20.4 Å². The van der Waals surface area contributed by atoms with Gasteiger partial charge in [-0.1, -0.05) is 0 Å². The number of amides is 3. The second-order valence-corrected chi connectivity index (χ2v) is 11.3. The topological polar surface area (TPSA) is 111 Å². The summed E-state index contributed by atoms with van der Waals surface area (Å²) in [6.07, 6.45) is 1.51. The summed E-state index contributed by atoms with van der Waals surface area (Å²) < 4.78 is 4.38. The molecule has 174 valence electrons. The number of nitrogens with one attached hydrogen (secondary N) is 2. The molecule has 9 nitrogen and oxygen atoms in total. The minimum absolute atomic E-state index is 0.139. The van der Waals surface area contributed by atoms with Gasteiger partial charge in [-0.3, -0.25) is 19.3 Å². The molecule has 6 atom stereocenters. The monoisotopic (exact) mass is 454 g/mol. The van der Waals surface area contributed by atoms with Crippen molar-refractivity contribution in [3.8, 4) is 0 Å². The first kappa shape index (κ1) is 22.8. The Morgan fingerprint density at radius 2 is 2.00 bits per heavy atom. The highest BCUT2D eigenvalue weighted by Gasteiger charge is 2.77. The lowest BCUT2D eigenvalue weighted by Gasteiger charge is -2.36. The molecule has 4 aliphatic rings. The molecular weight excluding hydrogens is 420 g/mol. The Kier molecular flexibility index (Phi) is 6.28. The summed E-state index contributed by atoms with van der Waals surface area (Å²) in [5.41, 5.74) is 0. The molecule has 4 fully saturated rings. The Balaban J connectivity index is 1.58. The zero-order valence-corrected chi connectivity index (χ0v) is 19.4. The van der Waals surface area contributed by atoms with Crippen LogP contribution in [0.5, 0.6) is 0 Å². The van der Waals surface area contributed by atoms with E-state index >= 15 is 0 Å². The van der Waals surface area contributed by atoms with Gasteiger partial charge >= 0.3 is 0 Å². The number of ether oxygens (including phenoxy) is 1. The molecule has 4 heterocycles. The number of morpholine rings is 1. The van der Waals surface area contributed by atoms with Crippen molar-refractivity contribution in [3.63, 3.8) is 0 Å². The molecule has 0 radical (unpaired) electrons. The lowest BCUT2D eigenvalue weighted by atomic mass is 9.66. The molecule has 31 heavy (non-hydrogen) atoms. The molecule has 1 spiro atoms. The van der Waals surface area contributed by atoms with Crippen LogP contribution in [0.3, 0.4) is 0 Å². The van der Waals surface area contributed by atoms with E-state index in [1.807, 2.05) is 6.92 Å². The van der Waals surface area contributed by atoms with Crippen LogP contribution in [0.4, 0.5) is 0 Å². The van der Waals surface area contributed by atoms with Gasteiger partial charge in [0.15, 0.2) is 0 Å². The number of aliphatic hydroxyl groups excluding tert-OH is 1. The van der Waals surface area contributed by atoms with E-state index in [4.69, 9.17) is 4.74 Å². The number of carbonyl (C=O) groups excluding carboxylic acids is 3. The van der Waals surface area contributed by atoms with E-state index in [2.05, 4.69) is 15.5 Å². The maximum Gasteiger partial charge on any atom is 0.244 e. The first-order valence-electron chi connectivity index (χ1n) is 11.2. The fourth-order valence-electron chi connectivity index (χ4n) is 6.04. The van der Waals surface area contributed by atoms with Crippen LogP contribution < -0.4 is 10.6 Å². The minimum Gasteiger partial charge on any atom is -0.394 e. The molecule has 4 aliphatic heterocycles. The average molecular weight is 455 g/mol. The fraction of sp³-hybridized carbons (Fsp3) is 0.857. The zero-order valence-electron chi connectivity index (χ0n) is 18.6. The fourth-order valence-corrected chi connectivity index (χ4v) is 8.38. The Labute approximate surface area is 187 Å². The summed E-state index contributed by atoms with van der Waals surface area (Å²) in [7, 11) is 1.60. The van der Waals surface area contributed by atoms with Gasteiger partial charge in [-0.25, -0.2) is 0 Å². The predicted molar refractivity (Wildman–Crippen MR) is 116 cm³/mol. The minimum atomic E-state index is -0.682. The Morgan fingerprint density at radius 1 is 1.29 bits per heavy atom. The third-order valence-electron chi connectivity index (χ3n) is 7.56. The smallest absolute Gasteiger partial charge is 0.244 e. The summed E-state index contributed by atoms with van der Waals surface area (Å²) in [5.74, 6) is -1.51. The number of hydrogen-bond acceptors (Lipinski definition) is 7. The lowest BCUT2D eigenvalue weighted by molar-refractivity contribution is -0.142. The summed E-state index contributed by atoms with van der Waals surface area (Å²) in [6.45, 7) is 7.90. The standard InChI is InChI=1S/C21H34N4O5S/c1-13(12-26)25-16(18(28)23-6-7-24-8-10-30-11-9-24)21-5-4-20(2,31-21)14(17(27)22-3)15(21)19(25)29/h13-16,26H,4-12H2,1-3H3,(H,22,27)(H,23,28)/t13-,14-,15+,16?,20+,21?/m1/s1. The quantitative estimate of drug-likeness (QED) is 0.455. The highest BCUT2D eigenvalue weighted by Crippen LogP contribution is 2.71. The van der Waals surface area contributed by atoms with Gasteiger partial charge in [0.05, 0.1) is 42.4 Å². The van der Waals surface area contributed by atoms with Gasteiger partial charge in [-0.15, -0.1) is 11.8 Å². The number of nitrogens with zero attached hydrogens (tertiary/aromatic N) is 2. The van der Waals surface area contributed by atoms with Crippen LogP contribution in [0.2, 0.25) is 0 Å². The molecule has 10 heteroatoms. The number of likely N-dealkylation sites (tertiary alicyclic amines) is 1. The van der Waals surface area contributed by atoms with Crippen LogP contribution in [0, 0.1) is 11.8 Å². The van der Waals surface area contributed by atoms with Gasteiger partial charge in [0.2, 0.25) is 17.7 Å². The lowest BCUT2D eigenvalue weighted by Crippen LogP contribution is -2.56. The molecule has 0 aromatic carbocycles. The van der Waals surface area contributed by atoms with Gasteiger partial charge in [-0.05, 0) is 26.7 Å².